The third-order valence-electron chi connectivity index (χ3n) is 5.48. The van der Waals surface area contributed by atoms with Crippen molar-refractivity contribution in [1.29, 1.82) is 0 Å². The molecule has 8 nitrogen and oxygen atoms in total. The van der Waals surface area contributed by atoms with E-state index in [4.69, 9.17) is 25.8 Å². The Bertz CT molecular complexity index is 1120. The Kier molecular flexibility index (Phi) is 6.50. The van der Waals surface area contributed by atoms with Crippen LogP contribution in [0.2, 0.25) is 5.02 Å². The van der Waals surface area contributed by atoms with Crippen molar-refractivity contribution in [2.45, 2.75) is 18.9 Å². The summed E-state index contributed by atoms with van der Waals surface area (Å²) in [5.74, 6) is 1.82. The Labute approximate surface area is 191 Å². The van der Waals surface area contributed by atoms with Crippen LogP contribution in [0.3, 0.4) is 0 Å². The molecule has 0 radical (unpaired) electrons. The molecule has 32 heavy (non-hydrogen) atoms. The predicted octanol–water partition coefficient (Wildman–Crippen LogP) is 3.84. The van der Waals surface area contributed by atoms with Crippen LogP contribution in [-0.2, 0) is 7.05 Å². The third kappa shape index (κ3) is 4.50. The van der Waals surface area contributed by atoms with Crippen LogP contribution >= 0.6 is 11.6 Å². The molecule has 2 aromatic heterocycles. The van der Waals surface area contributed by atoms with Gasteiger partial charge in [-0.05, 0) is 37.1 Å². The number of nitrogens with zero attached hydrogens (tertiary/aromatic N) is 4. The van der Waals surface area contributed by atoms with Gasteiger partial charge in [-0.1, -0.05) is 11.6 Å². The molecule has 4 rings (SSSR count). The molecule has 1 aliphatic heterocycles. The van der Waals surface area contributed by atoms with Crippen LogP contribution in [-0.4, -0.2) is 59.0 Å². The number of hydrogen-bond acceptors (Lipinski definition) is 6. The number of aromatic nitrogens is 3. The van der Waals surface area contributed by atoms with Crippen molar-refractivity contribution >= 4 is 17.5 Å². The van der Waals surface area contributed by atoms with Gasteiger partial charge in [0.15, 0.2) is 0 Å². The molecule has 0 aliphatic carbocycles. The van der Waals surface area contributed by atoms with Crippen LogP contribution in [0.25, 0.3) is 11.3 Å². The number of carbonyl (C=O) groups excluding carboxylic acids is 1. The number of methoxy groups -OCH3 is 2. The Balaban J connectivity index is 1.54. The Morgan fingerprint density at radius 2 is 2.00 bits per heavy atom. The fourth-order valence-corrected chi connectivity index (χ4v) is 4.00. The van der Waals surface area contributed by atoms with Gasteiger partial charge in [0.25, 0.3) is 5.91 Å². The fourth-order valence-electron chi connectivity index (χ4n) is 3.83. The number of benzene rings is 1. The van der Waals surface area contributed by atoms with Gasteiger partial charge in [0.05, 0.1) is 26.5 Å². The van der Waals surface area contributed by atoms with E-state index in [1.54, 1.807) is 55.4 Å². The fraction of sp³-hybridized carbons (Fsp3) is 0.348. The van der Waals surface area contributed by atoms with Crippen LogP contribution < -0.4 is 14.2 Å². The molecule has 1 amide bonds. The molecule has 9 heteroatoms. The van der Waals surface area contributed by atoms with E-state index in [-0.39, 0.29) is 12.0 Å². The van der Waals surface area contributed by atoms with Crippen LogP contribution in [0.4, 0.5) is 0 Å². The summed E-state index contributed by atoms with van der Waals surface area (Å²) in [5, 5.41) is 5.01. The highest BCUT2D eigenvalue weighted by Crippen LogP contribution is 2.33. The summed E-state index contributed by atoms with van der Waals surface area (Å²) in [4.78, 5) is 19.1. The first-order valence-electron chi connectivity index (χ1n) is 10.3. The highest BCUT2D eigenvalue weighted by atomic mass is 35.5. The van der Waals surface area contributed by atoms with Crippen LogP contribution in [0, 0.1) is 0 Å². The molecule has 3 heterocycles. The summed E-state index contributed by atoms with van der Waals surface area (Å²) in [7, 11) is 4.97. The molecule has 168 valence electrons. The lowest BCUT2D eigenvalue weighted by Crippen LogP contribution is -2.44. The lowest BCUT2D eigenvalue weighted by atomic mass is 10.1. The number of aryl methyl sites for hydroxylation is 1. The number of amides is 1. The maximum atomic E-state index is 13.3. The second kappa shape index (κ2) is 9.48. The Morgan fingerprint density at radius 3 is 2.75 bits per heavy atom. The molecular formula is C23H25ClN4O4. The van der Waals surface area contributed by atoms with Crippen molar-refractivity contribution in [2.24, 2.45) is 7.05 Å². The lowest BCUT2D eigenvalue weighted by molar-refractivity contribution is 0.0528. The molecule has 1 atom stereocenters. The number of piperidine rings is 1. The van der Waals surface area contributed by atoms with Crippen LogP contribution in [0.15, 0.2) is 42.7 Å². The number of ether oxygens (including phenoxy) is 3. The first-order chi connectivity index (χ1) is 15.5. The largest absolute Gasteiger partial charge is 0.497 e. The molecular weight excluding hydrogens is 432 g/mol. The minimum absolute atomic E-state index is 0.0951. The van der Waals surface area contributed by atoms with E-state index in [9.17, 15) is 4.79 Å². The third-order valence-corrected chi connectivity index (χ3v) is 5.76. The molecule has 1 aromatic carbocycles. The highest BCUT2D eigenvalue weighted by molar-refractivity contribution is 6.31. The maximum Gasteiger partial charge on any atom is 0.272 e. The van der Waals surface area contributed by atoms with E-state index in [0.717, 1.165) is 18.4 Å². The zero-order valence-corrected chi connectivity index (χ0v) is 19.0. The van der Waals surface area contributed by atoms with Gasteiger partial charge in [-0.25, -0.2) is 0 Å². The molecule has 0 spiro atoms. The average Bonchev–Trinajstić information content (AvgIpc) is 3.21. The van der Waals surface area contributed by atoms with E-state index in [1.807, 2.05) is 18.2 Å². The van der Waals surface area contributed by atoms with Gasteiger partial charge in [-0.3, -0.25) is 14.5 Å². The maximum absolute atomic E-state index is 13.3. The van der Waals surface area contributed by atoms with E-state index in [1.165, 1.54) is 0 Å². The molecule has 1 saturated heterocycles. The SMILES string of the molecule is COc1ccc(OC)c(-c2cc(C(=O)N3CCCC(Oc4ccncc4Cl)C3)n(C)n2)c1. The number of halogens is 1. The zero-order chi connectivity index (χ0) is 22.7. The number of carbonyl (C=O) groups is 1. The molecule has 0 saturated carbocycles. The number of likely N-dealkylation sites (tertiary alicyclic amines) is 1. The summed E-state index contributed by atoms with van der Waals surface area (Å²) in [6.07, 6.45) is 4.73. The second-order valence-electron chi connectivity index (χ2n) is 7.54. The summed E-state index contributed by atoms with van der Waals surface area (Å²) in [6, 6.07) is 9.00. The van der Waals surface area contributed by atoms with Gasteiger partial charge in [0.2, 0.25) is 0 Å². The smallest absolute Gasteiger partial charge is 0.272 e. The van der Waals surface area contributed by atoms with Gasteiger partial charge in [0.1, 0.15) is 34.1 Å². The van der Waals surface area contributed by atoms with Crippen molar-refractivity contribution < 1.29 is 19.0 Å². The standard InChI is InChI=1S/C23H25ClN4O4/c1-27-20(12-19(26-27)17-11-15(30-2)6-7-21(17)31-3)23(29)28-10-4-5-16(14-28)32-22-8-9-25-13-18(22)24/h6-9,11-13,16H,4-5,10,14H2,1-3H3. The first kappa shape index (κ1) is 22.0. The van der Waals surface area contributed by atoms with Crippen molar-refractivity contribution in [2.75, 3.05) is 27.3 Å². The van der Waals surface area contributed by atoms with E-state index in [0.29, 0.717) is 46.7 Å². The monoisotopic (exact) mass is 456 g/mol. The minimum atomic E-state index is -0.140. The predicted molar refractivity (Wildman–Crippen MR) is 121 cm³/mol. The zero-order valence-electron chi connectivity index (χ0n) is 18.2. The van der Waals surface area contributed by atoms with Crippen molar-refractivity contribution in [3.63, 3.8) is 0 Å². The van der Waals surface area contributed by atoms with E-state index >= 15 is 0 Å². The minimum Gasteiger partial charge on any atom is -0.497 e. The van der Waals surface area contributed by atoms with Gasteiger partial charge >= 0.3 is 0 Å². The van der Waals surface area contributed by atoms with Gasteiger partial charge in [-0.15, -0.1) is 0 Å². The van der Waals surface area contributed by atoms with Crippen LogP contribution in [0.1, 0.15) is 23.3 Å². The van der Waals surface area contributed by atoms with Crippen LogP contribution in [0.5, 0.6) is 17.2 Å². The molecule has 3 aromatic rings. The first-order valence-corrected chi connectivity index (χ1v) is 10.7. The molecule has 1 fully saturated rings. The van der Waals surface area contributed by atoms with Crippen molar-refractivity contribution in [3.05, 3.63) is 53.4 Å². The quantitative estimate of drug-likeness (QED) is 0.560. The van der Waals surface area contributed by atoms with E-state index in [2.05, 4.69) is 10.1 Å². The Morgan fingerprint density at radius 1 is 1.16 bits per heavy atom. The molecule has 0 N–H and O–H groups in total. The average molecular weight is 457 g/mol. The normalized spacial score (nSPS) is 16.0. The number of hydrogen-bond donors (Lipinski definition) is 0. The summed E-state index contributed by atoms with van der Waals surface area (Å²) in [5.41, 5.74) is 1.89. The van der Waals surface area contributed by atoms with Gasteiger partial charge in [-0.2, -0.15) is 5.10 Å². The van der Waals surface area contributed by atoms with Crippen molar-refractivity contribution in [3.8, 4) is 28.5 Å². The summed E-state index contributed by atoms with van der Waals surface area (Å²) < 4.78 is 18.4. The van der Waals surface area contributed by atoms with Gasteiger partial charge in [0, 0.05) is 37.6 Å². The Hall–Kier alpha value is -3.26. The second-order valence-corrected chi connectivity index (χ2v) is 7.95. The highest BCUT2D eigenvalue weighted by Gasteiger charge is 2.28. The van der Waals surface area contributed by atoms with E-state index < -0.39 is 0 Å². The molecule has 1 aliphatic rings. The summed E-state index contributed by atoms with van der Waals surface area (Å²) >= 11 is 6.17. The summed E-state index contributed by atoms with van der Waals surface area (Å²) in [6.45, 7) is 1.13. The van der Waals surface area contributed by atoms with Crippen molar-refractivity contribution in [1.82, 2.24) is 19.7 Å². The number of rotatable bonds is 6. The number of pyridine rings is 1. The lowest BCUT2D eigenvalue weighted by Gasteiger charge is -2.33. The molecule has 1 unspecified atom stereocenters. The topological polar surface area (TPSA) is 78.7 Å². The van der Waals surface area contributed by atoms with Gasteiger partial charge < -0.3 is 19.1 Å². The molecule has 0 bridgehead atoms.